The van der Waals surface area contributed by atoms with Crippen molar-refractivity contribution in [1.29, 1.82) is 0 Å². The lowest BCUT2D eigenvalue weighted by Gasteiger charge is -2.16. The highest BCUT2D eigenvalue weighted by atomic mass is 79.9. The molecule has 1 amide bonds. The number of ketones is 1. The molecule has 0 fully saturated rings. The van der Waals surface area contributed by atoms with Crippen molar-refractivity contribution in [3.8, 4) is 0 Å². The van der Waals surface area contributed by atoms with Gasteiger partial charge in [-0.1, -0.05) is 35.7 Å². The SMILES string of the molecule is CCCCCN1C(=O)C(=O)c2ccc(Br)cc21. The first-order chi connectivity index (χ1) is 8.15. The molecule has 0 radical (unpaired) electrons. The third-order valence-electron chi connectivity index (χ3n) is 2.92. The number of nitrogens with zero attached hydrogens (tertiary/aromatic N) is 1. The molecule has 1 aliphatic heterocycles. The number of unbranched alkanes of at least 4 members (excludes halogenated alkanes) is 2. The molecule has 3 nitrogen and oxygen atoms in total. The lowest BCUT2D eigenvalue weighted by molar-refractivity contribution is -0.114. The Morgan fingerprint density at radius 3 is 2.71 bits per heavy atom. The van der Waals surface area contributed by atoms with E-state index in [-0.39, 0.29) is 5.78 Å². The van der Waals surface area contributed by atoms with E-state index < -0.39 is 5.91 Å². The van der Waals surface area contributed by atoms with E-state index in [0.717, 1.165) is 29.4 Å². The predicted octanol–water partition coefficient (Wildman–Crippen LogP) is 3.17. The normalized spacial score (nSPS) is 14.4. The first kappa shape index (κ1) is 12.3. The van der Waals surface area contributed by atoms with Crippen molar-refractivity contribution >= 4 is 33.3 Å². The molecule has 0 saturated heterocycles. The minimum atomic E-state index is -0.394. The van der Waals surface area contributed by atoms with E-state index in [1.165, 1.54) is 0 Å². The number of anilines is 1. The molecule has 1 aromatic carbocycles. The van der Waals surface area contributed by atoms with Crippen molar-refractivity contribution < 1.29 is 9.59 Å². The minimum Gasteiger partial charge on any atom is -0.305 e. The summed E-state index contributed by atoms with van der Waals surface area (Å²) in [4.78, 5) is 25.2. The van der Waals surface area contributed by atoms with Gasteiger partial charge in [-0.25, -0.2) is 0 Å². The molecule has 0 aromatic heterocycles. The Morgan fingerprint density at radius 2 is 2.00 bits per heavy atom. The zero-order chi connectivity index (χ0) is 12.4. The molecule has 4 heteroatoms. The third-order valence-corrected chi connectivity index (χ3v) is 3.41. The topological polar surface area (TPSA) is 37.4 Å². The molecule has 0 spiro atoms. The maximum atomic E-state index is 11.8. The van der Waals surface area contributed by atoms with Crippen molar-refractivity contribution in [2.45, 2.75) is 26.2 Å². The van der Waals surface area contributed by atoms with Gasteiger partial charge in [0.1, 0.15) is 0 Å². The average Bonchev–Trinajstić information content (AvgIpc) is 2.54. The van der Waals surface area contributed by atoms with Gasteiger partial charge in [0.25, 0.3) is 11.7 Å². The number of halogens is 1. The van der Waals surface area contributed by atoms with Crippen LogP contribution in [0.25, 0.3) is 0 Å². The van der Waals surface area contributed by atoms with E-state index in [1.807, 2.05) is 6.07 Å². The van der Waals surface area contributed by atoms with Crippen LogP contribution in [0.15, 0.2) is 22.7 Å². The van der Waals surface area contributed by atoms with Gasteiger partial charge in [-0.15, -0.1) is 0 Å². The molecule has 1 aliphatic rings. The van der Waals surface area contributed by atoms with Crippen LogP contribution in [0.3, 0.4) is 0 Å². The maximum absolute atomic E-state index is 11.8. The van der Waals surface area contributed by atoms with Gasteiger partial charge in [-0.2, -0.15) is 0 Å². The van der Waals surface area contributed by atoms with E-state index in [9.17, 15) is 9.59 Å². The molecule has 2 rings (SSSR count). The van der Waals surface area contributed by atoms with Crippen LogP contribution in [0.2, 0.25) is 0 Å². The third kappa shape index (κ3) is 2.27. The van der Waals surface area contributed by atoms with Crippen molar-refractivity contribution in [2.75, 3.05) is 11.4 Å². The van der Waals surface area contributed by atoms with Crippen LogP contribution in [0.5, 0.6) is 0 Å². The second kappa shape index (κ2) is 5.00. The highest BCUT2D eigenvalue weighted by Gasteiger charge is 2.35. The van der Waals surface area contributed by atoms with Crippen LogP contribution >= 0.6 is 15.9 Å². The second-order valence-electron chi connectivity index (χ2n) is 4.15. The van der Waals surface area contributed by atoms with Crippen LogP contribution in [0.1, 0.15) is 36.5 Å². The van der Waals surface area contributed by atoms with Crippen LogP contribution in [-0.4, -0.2) is 18.2 Å². The highest BCUT2D eigenvalue weighted by Crippen LogP contribution is 2.31. The highest BCUT2D eigenvalue weighted by molar-refractivity contribution is 9.10. The molecule has 17 heavy (non-hydrogen) atoms. The fourth-order valence-corrected chi connectivity index (χ4v) is 2.36. The first-order valence-corrected chi connectivity index (χ1v) is 6.60. The van der Waals surface area contributed by atoms with Gasteiger partial charge >= 0.3 is 0 Å². The molecular weight excluding hydrogens is 282 g/mol. The van der Waals surface area contributed by atoms with E-state index in [4.69, 9.17) is 0 Å². The van der Waals surface area contributed by atoms with Crippen molar-refractivity contribution in [2.24, 2.45) is 0 Å². The monoisotopic (exact) mass is 295 g/mol. The molecule has 0 aliphatic carbocycles. The smallest absolute Gasteiger partial charge is 0.299 e. The summed E-state index contributed by atoms with van der Waals surface area (Å²) in [5, 5.41) is 0. The second-order valence-corrected chi connectivity index (χ2v) is 5.07. The summed E-state index contributed by atoms with van der Waals surface area (Å²) < 4.78 is 0.888. The summed E-state index contributed by atoms with van der Waals surface area (Å²) in [6.07, 6.45) is 3.10. The van der Waals surface area contributed by atoms with E-state index in [0.29, 0.717) is 12.1 Å². The Bertz CT molecular complexity index is 470. The van der Waals surface area contributed by atoms with Gasteiger partial charge in [0.15, 0.2) is 0 Å². The molecule has 0 saturated carbocycles. The predicted molar refractivity (Wildman–Crippen MR) is 70.4 cm³/mol. The lowest BCUT2D eigenvalue weighted by atomic mass is 10.1. The average molecular weight is 296 g/mol. The molecular formula is C13H14BrNO2. The molecule has 0 unspecified atom stereocenters. The zero-order valence-electron chi connectivity index (χ0n) is 9.70. The van der Waals surface area contributed by atoms with Crippen molar-refractivity contribution in [1.82, 2.24) is 0 Å². The Kier molecular flexibility index (Phi) is 3.62. The van der Waals surface area contributed by atoms with Gasteiger partial charge in [0, 0.05) is 11.0 Å². The van der Waals surface area contributed by atoms with Crippen LogP contribution in [-0.2, 0) is 4.79 Å². The summed E-state index contributed by atoms with van der Waals surface area (Å²) in [6, 6.07) is 5.34. The fraction of sp³-hybridized carbons (Fsp3) is 0.385. The van der Waals surface area contributed by atoms with Gasteiger partial charge in [0.05, 0.1) is 11.3 Å². The minimum absolute atomic E-state index is 0.385. The van der Waals surface area contributed by atoms with Crippen molar-refractivity contribution in [3.05, 3.63) is 28.2 Å². The number of carbonyl (C=O) groups is 2. The Hall–Kier alpha value is -1.16. The van der Waals surface area contributed by atoms with Crippen LogP contribution < -0.4 is 4.90 Å². The summed E-state index contributed by atoms with van der Waals surface area (Å²) in [5.74, 6) is -0.779. The summed E-state index contributed by atoms with van der Waals surface area (Å²) in [5.41, 5.74) is 1.26. The molecule has 0 N–H and O–H groups in total. The quantitative estimate of drug-likeness (QED) is 0.632. The first-order valence-electron chi connectivity index (χ1n) is 5.81. The molecule has 1 aromatic rings. The number of hydrogen-bond acceptors (Lipinski definition) is 2. The molecule has 0 bridgehead atoms. The summed E-state index contributed by atoms with van der Waals surface area (Å²) >= 11 is 3.36. The largest absolute Gasteiger partial charge is 0.305 e. The zero-order valence-corrected chi connectivity index (χ0v) is 11.3. The number of benzene rings is 1. The number of amides is 1. The Balaban J connectivity index is 2.26. The van der Waals surface area contributed by atoms with E-state index >= 15 is 0 Å². The van der Waals surface area contributed by atoms with Gasteiger partial charge in [0.2, 0.25) is 0 Å². The fourth-order valence-electron chi connectivity index (χ4n) is 2.01. The van der Waals surface area contributed by atoms with Gasteiger partial charge < -0.3 is 4.90 Å². The van der Waals surface area contributed by atoms with E-state index in [1.54, 1.807) is 17.0 Å². The molecule has 0 atom stereocenters. The Morgan fingerprint density at radius 1 is 1.24 bits per heavy atom. The lowest BCUT2D eigenvalue weighted by Crippen LogP contribution is -2.30. The summed E-state index contributed by atoms with van der Waals surface area (Å²) in [6.45, 7) is 2.74. The van der Waals surface area contributed by atoms with Gasteiger partial charge in [-0.3, -0.25) is 9.59 Å². The number of fused-ring (bicyclic) bond motifs is 1. The molecule has 1 heterocycles. The molecule has 90 valence electrons. The maximum Gasteiger partial charge on any atom is 0.299 e. The summed E-state index contributed by atoms with van der Waals surface area (Å²) in [7, 11) is 0. The number of carbonyl (C=O) groups excluding carboxylic acids is 2. The number of hydrogen-bond donors (Lipinski definition) is 0. The van der Waals surface area contributed by atoms with E-state index in [2.05, 4.69) is 22.9 Å². The Labute approximate surface area is 109 Å². The van der Waals surface area contributed by atoms with Crippen molar-refractivity contribution in [3.63, 3.8) is 0 Å². The van der Waals surface area contributed by atoms with Crippen LogP contribution in [0.4, 0.5) is 5.69 Å². The number of Topliss-reactive ketones (excluding diaryl/α,β-unsaturated/α-hetero) is 1. The van der Waals surface area contributed by atoms with Crippen LogP contribution in [0, 0.1) is 0 Å². The standard InChI is InChI=1S/C13H14BrNO2/c1-2-3-4-7-15-11-8-9(14)5-6-10(11)12(16)13(15)17/h5-6,8H,2-4,7H2,1H3. The number of rotatable bonds is 4. The van der Waals surface area contributed by atoms with Gasteiger partial charge in [-0.05, 0) is 24.6 Å².